The maximum Gasteiger partial charge on any atom is 0.251 e. The Kier molecular flexibility index (Phi) is 6.05. The molecule has 2 fully saturated rings. The zero-order valence-corrected chi connectivity index (χ0v) is 16.8. The minimum Gasteiger partial charge on any atom is -0.496 e. The Morgan fingerprint density at radius 1 is 1.11 bits per heavy atom. The van der Waals surface area contributed by atoms with Gasteiger partial charge in [0, 0.05) is 32.8 Å². The average Bonchev–Trinajstić information content (AvgIpc) is 3.20. The van der Waals surface area contributed by atoms with Crippen LogP contribution >= 0.6 is 0 Å². The van der Waals surface area contributed by atoms with Crippen molar-refractivity contribution in [2.24, 2.45) is 0 Å². The van der Waals surface area contributed by atoms with E-state index in [1.807, 2.05) is 30.6 Å². The van der Waals surface area contributed by atoms with E-state index in [1.54, 1.807) is 7.11 Å². The monoisotopic (exact) mass is 374 g/mol. The van der Waals surface area contributed by atoms with Crippen LogP contribution in [0.1, 0.15) is 35.1 Å². The van der Waals surface area contributed by atoms with E-state index in [0.717, 1.165) is 40.8 Å². The van der Waals surface area contributed by atoms with Gasteiger partial charge in [0.2, 0.25) is 5.91 Å². The van der Waals surface area contributed by atoms with Gasteiger partial charge in [-0.15, -0.1) is 0 Å². The first kappa shape index (κ1) is 19.7. The van der Waals surface area contributed by atoms with Gasteiger partial charge in [0.05, 0.1) is 13.5 Å². The van der Waals surface area contributed by atoms with Crippen molar-refractivity contribution in [1.82, 2.24) is 9.80 Å². The third kappa shape index (κ3) is 4.10. The molecule has 0 aromatic heterocycles. The van der Waals surface area contributed by atoms with Gasteiger partial charge in [-0.05, 0) is 55.9 Å². The fourth-order valence-electron chi connectivity index (χ4n) is 4.07. The molecule has 0 aliphatic carbocycles. The summed E-state index contributed by atoms with van der Waals surface area (Å²) in [4.78, 5) is 28.9. The highest BCUT2D eigenvalue weighted by Crippen LogP contribution is 2.29. The molecule has 2 aliphatic rings. The molecule has 27 heavy (non-hydrogen) atoms. The van der Waals surface area contributed by atoms with Crippen molar-refractivity contribution in [3.8, 4) is 5.75 Å². The Morgan fingerprint density at radius 3 is 2.37 bits per heavy atom. The highest BCUT2D eigenvalue weighted by Gasteiger charge is 2.31. The number of carbonyl (C=O) groups is 2. The largest absolute Gasteiger partial charge is 0.496 e. The fraction of sp³-hybridized carbons (Fsp3) is 0.619. The van der Waals surface area contributed by atoms with E-state index in [9.17, 15) is 9.59 Å². The summed E-state index contributed by atoms with van der Waals surface area (Å²) in [5, 5.41) is 0. The molecule has 6 heteroatoms. The van der Waals surface area contributed by atoms with Crippen LogP contribution in [0.5, 0.6) is 5.75 Å². The van der Waals surface area contributed by atoms with Crippen molar-refractivity contribution in [3.63, 3.8) is 0 Å². The lowest BCUT2D eigenvalue weighted by Crippen LogP contribution is -2.53. The van der Waals surface area contributed by atoms with Crippen LogP contribution < -0.4 is 4.74 Å². The molecule has 1 unspecified atom stereocenters. The predicted octanol–water partition coefficient (Wildman–Crippen LogP) is 2.01. The Labute approximate surface area is 161 Å². The summed E-state index contributed by atoms with van der Waals surface area (Å²) in [7, 11) is 1.68. The SMILES string of the molecule is COc1c(C)cc(CC(=O)N2CCN(C(=O)C3CCCO3)CC2)c(C)c1C. The first-order chi connectivity index (χ1) is 12.9. The van der Waals surface area contributed by atoms with Crippen molar-refractivity contribution in [3.05, 3.63) is 28.3 Å². The van der Waals surface area contributed by atoms with Gasteiger partial charge in [-0.2, -0.15) is 0 Å². The van der Waals surface area contributed by atoms with Crippen LogP contribution in [0.2, 0.25) is 0 Å². The molecule has 0 radical (unpaired) electrons. The standard InChI is InChI=1S/C21H30N2O4/c1-14-12-17(15(2)16(3)20(14)26-4)13-19(24)22-7-9-23(10-8-22)21(25)18-6-5-11-27-18/h12,18H,5-11,13H2,1-4H3. The topological polar surface area (TPSA) is 59.1 Å². The average molecular weight is 374 g/mol. The maximum absolute atomic E-state index is 12.8. The number of ether oxygens (including phenoxy) is 2. The Bertz CT molecular complexity index is 717. The number of benzene rings is 1. The maximum atomic E-state index is 12.8. The number of amides is 2. The highest BCUT2D eigenvalue weighted by atomic mass is 16.5. The lowest BCUT2D eigenvalue weighted by molar-refractivity contribution is -0.145. The summed E-state index contributed by atoms with van der Waals surface area (Å²) < 4.78 is 11.0. The van der Waals surface area contributed by atoms with Gasteiger partial charge in [-0.3, -0.25) is 9.59 Å². The second kappa shape index (κ2) is 8.30. The summed E-state index contributed by atoms with van der Waals surface area (Å²) in [6.07, 6.45) is 1.87. The van der Waals surface area contributed by atoms with E-state index in [-0.39, 0.29) is 17.9 Å². The smallest absolute Gasteiger partial charge is 0.251 e. The predicted molar refractivity (Wildman–Crippen MR) is 103 cm³/mol. The molecule has 1 aromatic carbocycles. The minimum atomic E-state index is -0.278. The zero-order valence-electron chi connectivity index (χ0n) is 16.8. The molecular formula is C21H30N2O4. The molecule has 2 heterocycles. The third-order valence-electron chi connectivity index (χ3n) is 5.83. The van der Waals surface area contributed by atoms with Crippen LogP contribution in [0, 0.1) is 20.8 Å². The molecule has 0 bridgehead atoms. The van der Waals surface area contributed by atoms with Crippen LogP contribution in [0.3, 0.4) is 0 Å². The number of piperazine rings is 1. The van der Waals surface area contributed by atoms with Crippen LogP contribution in [0.4, 0.5) is 0 Å². The van der Waals surface area contributed by atoms with Crippen LogP contribution in [0.15, 0.2) is 6.07 Å². The Balaban J connectivity index is 1.59. The van der Waals surface area contributed by atoms with Crippen LogP contribution in [-0.4, -0.2) is 67.6 Å². The quantitative estimate of drug-likeness (QED) is 0.809. The Morgan fingerprint density at radius 2 is 1.78 bits per heavy atom. The molecule has 2 aliphatic heterocycles. The zero-order chi connectivity index (χ0) is 19.6. The van der Waals surface area contributed by atoms with E-state index >= 15 is 0 Å². The summed E-state index contributed by atoms with van der Waals surface area (Å²) in [6.45, 7) is 9.11. The lowest BCUT2D eigenvalue weighted by atomic mass is 9.96. The van der Waals surface area contributed by atoms with E-state index < -0.39 is 0 Å². The van der Waals surface area contributed by atoms with E-state index in [1.165, 1.54) is 0 Å². The van der Waals surface area contributed by atoms with Crippen molar-refractivity contribution in [2.75, 3.05) is 39.9 Å². The minimum absolute atomic E-state index is 0.0804. The van der Waals surface area contributed by atoms with Crippen molar-refractivity contribution >= 4 is 11.8 Å². The molecule has 0 N–H and O–H groups in total. The summed E-state index contributed by atoms with van der Waals surface area (Å²) in [5.74, 6) is 1.09. The molecule has 148 valence electrons. The molecule has 1 atom stereocenters. The summed E-state index contributed by atoms with van der Waals surface area (Å²) in [6, 6.07) is 2.05. The number of hydrogen-bond acceptors (Lipinski definition) is 4. The van der Waals surface area contributed by atoms with Crippen molar-refractivity contribution in [2.45, 2.75) is 46.1 Å². The Hall–Kier alpha value is -2.08. The van der Waals surface area contributed by atoms with Gasteiger partial charge in [-0.1, -0.05) is 6.07 Å². The molecule has 3 rings (SSSR count). The van der Waals surface area contributed by atoms with Crippen molar-refractivity contribution in [1.29, 1.82) is 0 Å². The lowest BCUT2D eigenvalue weighted by Gasteiger charge is -2.36. The van der Waals surface area contributed by atoms with E-state index in [0.29, 0.717) is 39.2 Å². The number of hydrogen-bond donors (Lipinski definition) is 0. The molecule has 0 saturated carbocycles. The summed E-state index contributed by atoms with van der Waals surface area (Å²) in [5.41, 5.74) is 4.30. The first-order valence-corrected chi connectivity index (χ1v) is 9.74. The van der Waals surface area contributed by atoms with Gasteiger partial charge in [0.25, 0.3) is 5.91 Å². The second-order valence-electron chi connectivity index (χ2n) is 7.52. The van der Waals surface area contributed by atoms with Gasteiger partial charge < -0.3 is 19.3 Å². The molecule has 2 saturated heterocycles. The number of rotatable bonds is 4. The molecule has 1 aromatic rings. The van der Waals surface area contributed by atoms with Gasteiger partial charge >= 0.3 is 0 Å². The number of aryl methyl sites for hydroxylation is 1. The van der Waals surface area contributed by atoms with Crippen molar-refractivity contribution < 1.29 is 19.1 Å². The summed E-state index contributed by atoms with van der Waals surface area (Å²) >= 11 is 0. The van der Waals surface area contributed by atoms with Crippen LogP contribution in [-0.2, 0) is 20.7 Å². The van der Waals surface area contributed by atoms with E-state index in [2.05, 4.69) is 6.07 Å². The molecule has 6 nitrogen and oxygen atoms in total. The third-order valence-corrected chi connectivity index (χ3v) is 5.83. The second-order valence-corrected chi connectivity index (χ2v) is 7.52. The van der Waals surface area contributed by atoms with Crippen LogP contribution in [0.25, 0.3) is 0 Å². The van der Waals surface area contributed by atoms with Gasteiger partial charge in [-0.25, -0.2) is 0 Å². The number of carbonyl (C=O) groups excluding carboxylic acids is 2. The highest BCUT2D eigenvalue weighted by molar-refractivity contribution is 5.82. The van der Waals surface area contributed by atoms with Gasteiger partial charge in [0.1, 0.15) is 11.9 Å². The molecule has 0 spiro atoms. The fourth-order valence-corrected chi connectivity index (χ4v) is 4.07. The first-order valence-electron chi connectivity index (χ1n) is 9.74. The van der Waals surface area contributed by atoms with Gasteiger partial charge in [0.15, 0.2) is 0 Å². The number of methoxy groups -OCH3 is 1. The molecule has 2 amide bonds. The normalized spacial score (nSPS) is 20.1. The van der Waals surface area contributed by atoms with E-state index in [4.69, 9.17) is 9.47 Å². The molecular weight excluding hydrogens is 344 g/mol. The number of nitrogens with zero attached hydrogens (tertiary/aromatic N) is 2.